The first-order valence-electron chi connectivity index (χ1n) is 5.90. The van der Waals surface area contributed by atoms with Crippen LogP contribution in [0.25, 0.3) is 0 Å². The Labute approximate surface area is 94.4 Å². The SMILES string of the molecule is C#CCN1CCC(NCC(C)(C)C)CC1. The Morgan fingerprint density at radius 1 is 1.33 bits per heavy atom. The molecule has 0 amide bonds. The first kappa shape index (κ1) is 12.5. The van der Waals surface area contributed by atoms with Crippen molar-refractivity contribution in [1.82, 2.24) is 10.2 Å². The Hall–Kier alpha value is -0.520. The Morgan fingerprint density at radius 3 is 2.40 bits per heavy atom. The van der Waals surface area contributed by atoms with Crippen molar-refractivity contribution in [2.45, 2.75) is 39.7 Å². The van der Waals surface area contributed by atoms with Gasteiger partial charge in [-0.15, -0.1) is 6.42 Å². The highest BCUT2D eigenvalue weighted by Gasteiger charge is 2.19. The topological polar surface area (TPSA) is 15.3 Å². The van der Waals surface area contributed by atoms with Crippen LogP contribution < -0.4 is 5.32 Å². The minimum Gasteiger partial charge on any atom is -0.313 e. The van der Waals surface area contributed by atoms with Crippen molar-refractivity contribution in [3.05, 3.63) is 0 Å². The zero-order valence-corrected chi connectivity index (χ0v) is 10.3. The monoisotopic (exact) mass is 208 g/mol. The van der Waals surface area contributed by atoms with Crippen LogP contribution in [0.15, 0.2) is 0 Å². The van der Waals surface area contributed by atoms with E-state index < -0.39 is 0 Å². The van der Waals surface area contributed by atoms with Gasteiger partial charge in [-0.05, 0) is 18.3 Å². The Morgan fingerprint density at radius 2 is 1.93 bits per heavy atom. The molecule has 1 saturated heterocycles. The third kappa shape index (κ3) is 5.20. The number of nitrogens with zero attached hydrogens (tertiary/aromatic N) is 1. The van der Waals surface area contributed by atoms with E-state index in [1.54, 1.807) is 0 Å². The van der Waals surface area contributed by atoms with E-state index in [1.165, 1.54) is 12.8 Å². The zero-order valence-electron chi connectivity index (χ0n) is 10.3. The summed E-state index contributed by atoms with van der Waals surface area (Å²) in [6.07, 6.45) is 7.77. The summed E-state index contributed by atoms with van der Waals surface area (Å²) >= 11 is 0. The minimum absolute atomic E-state index is 0.385. The van der Waals surface area contributed by atoms with E-state index in [0.29, 0.717) is 11.5 Å². The molecule has 0 atom stereocenters. The Balaban J connectivity index is 2.18. The van der Waals surface area contributed by atoms with E-state index in [4.69, 9.17) is 6.42 Å². The van der Waals surface area contributed by atoms with E-state index in [1.807, 2.05) is 0 Å². The molecule has 0 spiro atoms. The second-order valence-corrected chi connectivity index (χ2v) is 5.70. The molecule has 1 rings (SSSR count). The molecule has 0 aromatic carbocycles. The second kappa shape index (κ2) is 5.53. The molecule has 15 heavy (non-hydrogen) atoms. The molecule has 0 bridgehead atoms. The maximum atomic E-state index is 5.30. The van der Waals surface area contributed by atoms with Crippen LogP contribution in [0.4, 0.5) is 0 Å². The molecule has 1 aliphatic heterocycles. The first-order chi connectivity index (χ1) is 7.01. The number of hydrogen-bond acceptors (Lipinski definition) is 2. The van der Waals surface area contributed by atoms with Crippen LogP contribution in [0.5, 0.6) is 0 Å². The minimum atomic E-state index is 0.385. The fourth-order valence-corrected chi connectivity index (χ4v) is 1.87. The summed E-state index contributed by atoms with van der Waals surface area (Å²) in [6.45, 7) is 11.0. The van der Waals surface area contributed by atoms with Gasteiger partial charge in [0.15, 0.2) is 0 Å². The molecular formula is C13H24N2. The lowest BCUT2D eigenvalue weighted by Crippen LogP contribution is -2.44. The molecule has 1 fully saturated rings. The van der Waals surface area contributed by atoms with Crippen LogP contribution in [0.1, 0.15) is 33.6 Å². The van der Waals surface area contributed by atoms with Crippen molar-refractivity contribution < 1.29 is 0 Å². The fraction of sp³-hybridized carbons (Fsp3) is 0.846. The van der Waals surface area contributed by atoms with Crippen LogP contribution in [0.2, 0.25) is 0 Å². The lowest BCUT2D eigenvalue weighted by atomic mass is 9.95. The Bertz CT molecular complexity index is 214. The average molecular weight is 208 g/mol. The predicted octanol–water partition coefficient (Wildman–Crippen LogP) is 1.72. The molecular weight excluding hydrogens is 184 g/mol. The van der Waals surface area contributed by atoms with Crippen LogP contribution >= 0.6 is 0 Å². The third-order valence-corrected chi connectivity index (χ3v) is 2.82. The van der Waals surface area contributed by atoms with Crippen molar-refractivity contribution in [3.63, 3.8) is 0 Å². The van der Waals surface area contributed by atoms with Gasteiger partial charge >= 0.3 is 0 Å². The molecule has 0 aromatic rings. The summed E-state index contributed by atoms with van der Waals surface area (Å²) in [5, 5.41) is 3.65. The third-order valence-electron chi connectivity index (χ3n) is 2.82. The van der Waals surface area contributed by atoms with Gasteiger partial charge in [-0.1, -0.05) is 26.7 Å². The molecule has 1 aliphatic rings. The lowest BCUT2D eigenvalue weighted by Gasteiger charge is -2.33. The van der Waals surface area contributed by atoms with Crippen LogP contribution in [0.3, 0.4) is 0 Å². The summed E-state index contributed by atoms with van der Waals surface area (Å²) in [5.41, 5.74) is 0.385. The predicted molar refractivity (Wildman–Crippen MR) is 65.8 cm³/mol. The van der Waals surface area contributed by atoms with Gasteiger partial charge in [-0.3, -0.25) is 4.90 Å². The van der Waals surface area contributed by atoms with Crippen molar-refractivity contribution in [1.29, 1.82) is 0 Å². The fourth-order valence-electron chi connectivity index (χ4n) is 1.87. The van der Waals surface area contributed by atoms with Gasteiger partial charge in [0.25, 0.3) is 0 Å². The smallest absolute Gasteiger partial charge is 0.0598 e. The van der Waals surface area contributed by atoms with Gasteiger partial charge in [0.2, 0.25) is 0 Å². The van der Waals surface area contributed by atoms with Gasteiger partial charge in [0, 0.05) is 25.7 Å². The normalized spacial score (nSPS) is 20.1. The van der Waals surface area contributed by atoms with Crippen molar-refractivity contribution in [3.8, 4) is 12.3 Å². The summed E-state index contributed by atoms with van der Waals surface area (Å²) in [7, 11) is 0. The van der Waals surface area contributed by atoms with Crippen LogP contribution in [-0.4, -0.2) is 37.1 Å². The van der Waals surface area contributed by atoms with E-state index >= 15 is 0 Å². The van der Waals surface area contributed by atoms with E-state index in [9.17, 15) is 0 Å². The molecule has 1 heterocycles. The quantitative estimate of drug-likeness (QED) is 0.711. The standard InChI is InChI=1S/C13H24N2/c1-5-8-15-9-6-12(7-10-15)14-11-13(2,3)4/h1,12,14H,6-11H2,2-4H3. The summed E-state index contributed by atoms with van der Waals surface area (Å²) in [5.74, 6) is 2.71. The van der Waals surface area contributed by atoms with Crippen molar-refractivity contribution in [2.75, 3.05) is 26.2 Å². The molecule has 0 aliphatic carbocycles. The van der Waals surface area contributed by atoms with E-state index in [-0.39, 0.29) is 0 Å². The number of hydrogen-bond donors (Lipinski definition) is 1. The van der Waals surface area contributed by atoms with Gasteiger partial charge in [-0.2, -0.15) is 0 Å². The first-order valence-corrected chi connectivity index (χ1v) is 5.90. The average Bonchev–Trinajstić information content (AvgIpc) is 2.16. The second-order valence-electron chi connectivity index (χ2n) is 5.70. The molecule has 2 heteroatoms. The van der Waals surface area contributed by atoms with Crippen molar-refractivity contribution >= 4 is 0 Å². The number of piperidine rings is 1. The van der Waals surface area contributed by atoms with Gasteiger partial charge in [-0.25, -0.2) is 0 Å². The maximum absolute atomic E-state index is 5.30. The molecule has 0 radical (unpaired) electrons. The zero-order chi connectivity index (χ0) is 11.3. The van der Waals surface area contributed by atoms with E-state index in [0.717, 1.165) is 26.2 Å². The number of nitrogens with one attached hydrogen (secondary N) is 1. The Kier molecular flexibility index (Phi) is 4.63. The highest BCUT2D eigenvalue weighted by Crippen LogP contribution is 2.14. The maximum Gasteiger partial charge on any atom is 0.0598 e. The molecule has 0 saturated carbocycles. The number of terminal acetylenes is 1. The van der Waals surface area contributed by atoms with Crippen molar-refractivity contribution in [2.24, 2.45) is 5.41 Å². The summed E-state index contributed by atoms with van der Waals surface area (Å²) in [6, 6.07) is 0.693. The largest absolute Gasteiger partial charge is 0.313 e. The lowest BCUT2D eigenvalue weighted by molar-refractivity contribution is 0.207. The summed E-state index contributed by atoms with van der Waals surface area (Å²) < 4.78 is 0. The van der Waals surface area contributed by atoms with Gasteiger partial charge < -0.3 is 5.32 Å². The number of likely N-dealkylation sites (tertiary alicyclic amines) is 1. The molecule has 0 unspecified atom stereocenters. The van der Waals surface area contributed by atoms with Gasteiger partial charge in [0.05, 0.1) is 6.54 Å². The van der Waals surface area contributed by atoms with Crippen LogP contribution in [0, 0.1) is 17.8 Å². The van der Waals surface area contributed by atoms with E-state index in [2.05, 4.69) is 36.9 Å². The molecule has 86 valence electrons. The highest BCUT2D eigenvalue weighted by molar-refractivity contribution is 4.90. The molecule has 0 aromatic heterocycles. The molecule has 1 N–H and O–H groups in total. The van der Waals surface area contributed by atoms with Crippen LogP contribution in [-0.2, 0) is 0 Å². The van der Waals surface area contributed by atoms with Gasteiger partial charge in [0.1, 0.15) is 0 Å². The highest BCUT2D eigenvalue weighted by atomic mass is 15.1. The molecule has 2 nitrogen and oxygen atoms in total. The summed E-state index contributed by atoms with van der Waals surface area (Å²) in [4.78, 5) is 2.36. The number of rotatable bonds is 3.